The molecule has 20 heavy (non-hydrogen) atoms. The quantitative estimate of drug-likeness (QED) is 0.579. The fourth-order valence-electron chi connectivity index (χ4n) is 2.24. The highest BCUT2D eigenvalue weighted by Gasteiger charge is 2.31. The Bertz CT molecular complexity index is 616. The third-order valence-electron chi connectivity index (χ3n) is 3.28. The third kappa shape index (κ3) is 3.19. The second kappa shape index (κ2) is 6.37. The summed E-state index contributed by atoms with van der Waals surface area (Å²) in [4.78, 5) is 11.0. The minimum absolute atomic E-state index is 0.268. The van der Waals surface area contributed by atoms with E-state index in [4.69, 9.17) is 11.6 Å². The van der Waals surface area contributed by atoms with E-state index in [1.807, 2.05) is 42.5 Å². The SMILES string of the molecule is C[C@@H]([C@@H](c1ccc(Br)cc1)c1ccccc1Cl)[N+](=O)[O-]. The van der Waals surface area contributed by atoms with E-state index in [9.17, 15) is 10.1 Å². The van der Waals surface area contributed by atoms with E-state index >= 15 is 0 Å². The van der Waals surface area contributed by atoms with Gasteiger partial charge in [0.15, 0.2) is 0 Å². The monoisotopic (exact) mass is 353 g/mol. The number of halogens is 2. The minimum Gasteiger partial charge on any atom is -0.264 e. The molecule has 3 nitrogen and oxygen atoms in total. The summed E-state index contributed by atoms with van der Waals surface area (Å²) in [7, 11) is 0. The number of nitrogens with zero attached hydrogens (tertiary/aromatic N) is 1. The predicted octanol–water partition coefficient (Wildman–Crippen LogP) is 4.90. The van der Waals surface area contributed by atoms with E-state index in [1.165, 1.54) is 0 Å². The van der Waals surface area contributed by atoms with Crippen molar-refractivity contribution in [1.82, 2.24) is 0 Å². The number of hydrogen-bond acceptors (Lipinski definition) is 2. The van der Waals surface area contributed by atoms with Gasteiger partial charge in [-0.25, -0.2) is 0 Å². The first kappa shape index (κ1) is 15.0. The zero-order chi connectivity index (χ0) is 14.7. The van der Waals surface area contributed by atoms with E-state index in [1.54, 1.807) is 13.0 Å². The van der Waals surface area contributed by atoms with Crippen LogP contribution >= 0.6 is 27.5 Å². The van der Waals surface area contributed by atoms with Crippen LogP contribution in [0.4, 0.5) is 0 Å². The molecule has 0 unspecified atom stereocenters. The Morgan fingerprint density at radius 1 is 1.15 bits per heavy atom. The maximum Gasteiger partial charge on any atom is 0.221 e. The predicted molar refractivity (Wildman–Crippen MR) is 83.9 cm³/mol. The molecule has 0 aliphatic heterocycles. The molecule has 5 heteroatoms. The van der Waals surface area contributed by atoms with Gasteiger partial charge in [0, 0.05) is 21.3 Å². The molecule has 2 aromatic rings. The standard InChI is InChI=1S/C15H13BrClNO2/c1-10(18(19)20)15(11-6-8-12(16)9-7-11)13-4-2-3-5-14(13)17/h2-10,15H,1H3/t10-,15-/m0/s1. The van der Waals surface area contributed by atoms with Crippen LogP contribution in [-0.4, -0.2) is 11.0 Å². The average Bonchev–Trinajstić information content (AvgIpc) is 2.43. The number of hydrogen-bond donors (Lipinski definition) is 0. The van der Waals surface area contributed by atoms with Crippen LogP contribution in [0.2, 0.25) is 5.02 Å². The van der Waals surface area contributed by atoms with Gasteiger partial charge in [-0.2, -0.15) is 0 Å². The average molecular weight is 355 g/mol. The molecule has 0 saturated carbocycles. The van der Waals surface area contributed by atoms with Gasteiger partial charge in [-0.3, -0.25) is 10.1 Å². The molecule has 0 bridgehead atoms. The molecule has 0 amide bonds. The van der Waals surface area contributed by atoms with E-state index in [0.717, 1.165) is 15.6 Å². The first-order valence-electron chi connectivity index (χ1n) is 6.14. The van der Waals surface area contributed by atoms with Crippen molar-refractivity contribution in [2.24, 2.45) is 0 Å². The summed E-state index contributed by atoms with van der Waals surface area (Å²) in [5.41, 5.74) is 1.66. The zero-order valence-corrected chi connectivity index (χ0v) is 13.1. The molecule has 0 saturated heterocycles. The van der Waals surface area contributed by atoms with Crippen molar-refractivity contribution in [3.63, 3.8) is 0 Å². The van der Waals surface area contributed by atoms with Crippen LogP contribution in [0, 0.1) is 10.1 Å². The fraction of sp³-hybridized carbons (Fsp3) is 0.200. The van der Waals surface area contributed by atoms with Crippen LogP contribution in [0.25, 0.3) is 0 Å². The lowest BCUT2D eigenvalue weighted by atomic mass is 9.86. The van der Waals surface area contributed by atoms with Gasteiger partial charge in [-0.05, 0) is 29.3 Å². The third-order valence-corrected chi connectivity index (χ3v) is 4.16. The maximum atomic E-state index is 11.2. The maximum absolute atomic E-state index is 11.2. The molecule has 0 fully saturated rings. The molecule has 0 N–H and O–H groups in total. The molecule has 2 aromatic carbocycles. The molecule has 0 aromatic heterocycles. The molecule has 2 rings (SSSR count). The Morgan fingerprint density at radius 3 is 2.30 bits per heavy atom. The molecular formula is C15H13BrClNO2. The normalized spacial score (nSPS) is 13.8. The summed E-state index contributed by atoms with van der Waals surface area (Å²) in [5.74, 6) is -0.369. The van der Waals surface area contributed by atoms with Gasteiger partial charge in [0.1, 0.15) is 0 Å². The highest BCUT2D eigenvalue weighted by molar-refractivity contribution is 9.10. The van der Waals surface area contributed by atoms with Crippen molar-refractivity contribution in [2.45, 2.75) is 18.9 Å². The molecule has 0 aliphatic rings. The lowest BCUT2D eigenvalue weighted by Gasteiger charge is -2.20. The smallest absolute Gasteiger partial charge is 0.221 e. The fourth-order valence-corrected chi connectivity index (χ4v) is 2.75. The summed E-state index contributed by atoms with van der Waals surface area (Å²) < 4.78 is 0.938. The Hall–Kier alpha value is -1.39. The molecule has 0 radical (unpaired) electrons. The molecule has 0 heterocycles. The lowest BCUT2D eigenvalue weighted by molar-refractivity contribution is -0.520. The first-order valence-corrected chi connectivity index (χ1v) is 7.31. The van der Waals surface area contributed by atoms with Gasteiger partial charge in [0.2, 0.25) is 6.04 Å². The topological polar surface area (TPSA) is 43.1 Å². The lowest BCUT2D eigenvalue weighted by Crippen LogP contribution is -2.25. The van der Waals surface area contributed by atoms with Crippen LogP contribution in [0.1, 0.15) is 24.0 Å². The Labute approximate surface area is 130 Å². The van der Waals surface area contributed by atoms with Gasteiger partial charge >= 0.3 is 0 Å². The number of nitro groups is 1. The summed E-state index contributed by atoms with van der Waals surface area (Å²) in [6.07, 6.45) is 0. The van der Waals surface area contributed by atoms with Crippen molar-refractivity contribution in [3.05, 3.63) is 79.3 Å². The van der Waals surface area contributed by atoms with Crippen molar-refractivity contribution in [3.8, 4) is 0 Å². The van der Waals surface area contributed by atoms with Crippen LogP contribution in [0.15, 0.2) is 53.0 Å². The van der Waals surface area contributed by atoms with E-state index < -0.39 is 6.04 Å². The van der Waals surface area contributed by atoms with Gasteiger partial charge in [-0.1, -0.05) is 57.9 Å². The second-order valence-electron chi connectivity index (χ2n) is 4.58. The zero-order valence-electron chi connectivity index (χ0n) is 10.8. The molecule has 104 valence electrons. The summed E-state index contributed by atoms with van der Waals surface area (Å²) in [5, 5.41) is 11.8. The van der Waals surface area contributed by atoms with Crippen molar-refractivity contribution in [2.75, 3.05) is 0 Å². The Balaban J connectivity index is 2.53. The first-order chi connectivity index (χ1) is 9.50. The van der Waals surface area contributed by atoms with E-state index in [2.05, 4.69) is 15.9 Å². The Morgan fingerprint density at radius 2 is 1.75 bits per heavy atom. The molecule has 0 aliphatic carbocycles. The second-order valence-corrected chi connectivity index (χ2v) is 5.90. The summed E-state index contributed by atoms with van der Waals surface area (Å²) in [6, 6.07) is 14.1. The van der Waals surface area contributed by atoms with Crippen molar-refractivity contribution < 1.29 is 4.92 Å². The van der Waals surface area contributed by atoms with Gasteiger partial charge in [0.25, 0.3) is 0 Å². The van der Waals surface area contributed by atoms with Gasteiger partial charge < -0.3 is 0 Å². The van der Waals surface area contributed by atoms with Crippen LogP contribution in [-0.2, 0) is 0 Å². The van der Waals surface area contributed by atoms with Crippen LogP contribution in [0.5, 0.6) is 0 Å². The highest BCUT2D eigenvalue weighted by atomic mass is 79.9. The number of rotatable bonds is 4. The van der Waals surface area contributed by atoms with Crippen molar-refractivity contribution >= 4 is 27.5 Å². The van der Waals surface area contributed by atoms with Gasteiger partial charge in [-0.15, -0.1) is 0 Å². The number of benzene rings is 2. The van der Waals surface area contributed by atoms with Crippen LogP contribution in [0.3, 0.4) is 0 Å². The Kier molecular flexibility index (Phi) is 4.78. The summed E-state index contributed by atoms with van der Waals surface area (Å²) in [6.45, 7) is 1.61. The molecular weight excluding hydrogens is 342 g/mol. The largest absolute Gasteiger partial charge is 0.264 e. The van der Waals surface area contributed by atoms with Crippen LogP contribution < -0.4 is 0 Å². The molecule has 2 atom stereocenters. The molecule has 0 spiro atoms. The van der Waals surface area contributed by atoms with E-state index in [-0.39, 0.29) is 10.8 Å². The highest BCUT2D eigenvalue weighted by Crippen LogP contribution is 2.34. The summed E-state index contributed by atoms with van der Waals surface area (Å²) >= 11 is 9.59. The van der Waals surface area contributed by atoms with Crippen molar-refractivity contribution in [1.29, 1.82) is 0 Å². The van der Waals surface area contributed by atoms with Gasteiger partial charge in [0.05, 0.1) is 5.92 Å². The van der Waals surface area contributed by atoms with E-state index in [0.29, 0.717) is 5.02 Å². The minimum atomic E-state index is -0.754.